The molecule has 0 unspecified atom stereocenters. The van der Waals surface area contributed by atoms with Crippen LogP contribution < -0.4 is 5.73 Å². The van der Waals surface area contributed by atoms with E-state index in [1.54, 1.807) is 24.5 Å². The Hall–Kier alpha value is -1.63. The fourth-order valence-electron chi connectivity index (χ4n) is 0.363. The molecule has 9 heavy (non-hydrogen) atoms. The normalized spacial score (nSPS) is 6.89. The van der Waals surface area contributed by atoms with E-state index in [0.29, 0.717) is 0 Å². The Labute approximate surface area is 52.7 Å². The van der Waals surface area contributed by atoms with E-state index in [2.05, 4.69) is 4.98 Å². The Morgan fingerprint density at radius 2 is 1.67 bits per heavy atom. The molecule has 0 aliphatic rings. The van der Waals surface area contributed by atoms with Crippen LogP contribution in [0.3, 0.4) is 0 Å². The van der Waals surface area contributed by atoms with Gasteiger partial charge in [0.15, 0.2) is 0 Å². The van der Waals surface area contributed by atoms with Crippen molar-refractivity contribution in [2.24, 2.45) is 0 Å². The van der Waals surface area contributed by atoms with Crippen molar-refractivity contribution in [3.63, 3.8) is 0 Å². The minimum absolute atomic E-state index is 0.759. The van der Waals surface area contributed by atoms with Crippen molar-refractivity contribution in [2.45, 2.75) is 0 Å². The number of nitrogen functional groups attached to an aromatic ring is 1. The highest BCUT2D eigenvalue weighted by molar-refractivity contribution is 5.33. The molecule has 1 aromatic heterocycles. The lowest BCUT2D eigenvalue weighted by Gasteiger charge is -1.83. The third-order valence-electron chi connectivity index (χ3n) is 0.706. The van der Waals surface area contributed by atoms with Crippen LogP contribution in [0, 0.1) is 10.8 Å². The molecule has 4 nitrogen and oxygen atoms in total. The number of nitrogens with zero attached hydrogens (tertiary/aromatic N) is 3. The summed E-state index contributed by atoms with van der Waals surface area (Å²) in [6, 6.07) is 3.50. The van der Waals surface area contributed by atoms with Crippen LogP contribution in [0.2, 0.25) is 0 Å². The van der Waals surface area contributed by atoms with Crippen molar-refractivity contribution in [1.82, 2.24) is 4.98 Å². The molecular formula is C5H6N4. The van der Waals surface area contributed by atoms with E-state index in [0.717, 1.165) is 5.69 Å². The van der Waals surface area contributed by atoms with Crippen LogP contribution >= 0.6 is 0 Å². The number of anilines is 1. The van der Waals surface area contributed by atoms with E-state index >= 15 is 0 Å². The van der Waals surface area contributed by atoms with Gasteiger partial charge in [0.1, 0.15) is 0 Å². The van der Waals surface area contributed by atoms with Crippen molar-refractivity contribution in [3.05, 3.63) is 24.5 Å². The van der Waals surface area contributed by atoms with E-state index in [4.69, 9.17) is 16.5 Å². The predicted octanol–water partition coefficient (Wildman–Crippen LogP) is 0.694. The molecule has 0 aliphatic heterocycles. The van der Waals surface area contributed by atoms with Gasteiger partial charge in [0.2, 0.25) is 0 Å². The molecule has 1 rings (SSSR count). The minimum atomic E-state index is 0.759. The molecule has 0 saturated heterocycles. The second-order valence-corrected chi connectivity index (χ2v) is 1.28. The van der Waals surface area contributed by atoms with Gasteiger partial charge in [0.05, 0.1) is 0 Å². The van der Waals surface area contributed by atoms with Crippen molar-refractivity contribution >= 4 is 5.69 Å². The van der Waals surface area contributed by atoms with Gasteiger partial charge in [-0.1, -0.05) is 0 Å². The van der Waals surface area contributed by atoms with Crippen LogP contribution in [0.4, 0.5) is 5.69 Å². The zero-order valence-electron chi connectivity index (χ0n) is 4.73. The third kappa shape index (κ3) is 3.00. The number of aromatic nitrogens is 1. The summed E-state index contributed by atoms with van der Waals surface area (Å²) in [5.74, 6) is 0. The molecule has 0 spiro atoms. The lowest BCUT2D eigenvalue weighted by molar-refractivity contribution is 1.15. The van der Waals surface area contributed by atoms with Gasteiger partial charge in [-0.2, -0.15) is 0 Å². The summed E-state index contributed by atoms with van der Waals surface area (Å²) in [6.45, 7) is 0. The highest BCUT2D eigenvalue weighted by Crippen LogP contribution is 1.92. The summed E-state index contributed by atoms with van der Waals surface area (Å²) in [7, 11) is 0. The summed E-state index contributed by atoms with van der Waals surface area (Å²) >= 11 is 0. The minimum Gasteiger partial charge on any atom is -0.399 e. The largest absolute Gasteiger partial charge is 0.399 e. The Bertz CT molecular complexity index is 169. The van der Waals surface area contributed by atoms with Gasteiger partial charge in [-0.25, -0.2) is 0 Å². The quantitative estimate of drug-likeness (QED) is 0.513. The Kier molecular flexibility index (Phi) is 3.71. The average Bonchev–Trinajstić information content (AvgIpc) is 1.94. The molecule has 0 saturated carbocycles. The molecule has 1 aromatic rings. The molecule has 0 bridgehead atoms. The summed E-state index contributed by atoms with van der Waals surface area (Å²) < 4.78 is 0. The van der Waals surface area contributed by atoms with E-state index < -0.39 is 0 Å². The number of nitrogens with two attached hydrogens (primary N) is 1. The zero-order valence-corrected chi connectivity index (χ0v) is 4.73. The number of hydrogen-bond donors (Lipinski definition) is 1. The highest BCUT2D eigenvalue weighted by Gasteiger charge is 1.73. The fourth-order valence-corrected chi connectivity index (χ4v) is 0.363. The second-order valence-electron chi connectivity index (χ2n) is 1.28. The maximum absolute atomic E-state index is 6.00. The highest BCUT2D eigenvalue weighted by atomic mass is 14.6. The van der Waals surface area contributed by atoms with Gasteiger partial charge in [-0.3, -0.25) is 4.98 Å². The molecule has 0 atom stereocenters. The maximum Gasteiger partial charge on any atom is 0.0344 e. The summed E-state index contributed by atoms with van der Waals surface area (Å²) in [4.78, 5) is 3.77. The SMILES string of the molecule is N#N.Nc1ccncc1. The monoisotopic (exact) mass is 122 g/mol. The first-order chi connectivity index (χ1) is 4.39. The number of rotatable bonds is 0. The van der Waals surface area contributed by atoms with Crippen LogP contribution in [0.15, 0.2) is 24.5 Å². The van der Waals surface area contributed by atoms with Gasteiger partial charge in [-0.05, 0) is 12.1 Å². The van der Waals surface area contributed by atoms with Crippen molar-refractivity contribution < 1.29 is 0 Å². The fraction of sp³-hybridized carbons (Fsp3) is 0. The van der Waals surface area contributed by atoms with Crippen LogP contribution in [-0.4, -0.2) is 4.98 Å². The van der Waals surface area contributed by atoms with E-state index in [1.807, 2.05) is 0 Å². The van der Waals surface area contributed by atoms with Crippen LogP contribution in [0.5, 0.6) is 0 Å². The van der Waals surface area contributed by atoms with Crippen LogP contribution in [-0.2, 0) is 0 Å². The van der Waals surface area contributed by atoms with Crippen molar-refractivity contribution in [1.29, 1.82) is 10.8 Å². The Balaban J connectivity index is 0.000000291. The smallest absolute Gasteiger partial charge is 0.0344 e. The van der Waals surface area contributed by atoms with Crippen molar-refractivity contribution in [2.75, 3.05) is 5.73 Å². The first kappa shape index (κ1) is 7.37. The molecular weight excluding hydrogens is 116 g/mol. The summed E-state index contributed by atoms with van der Waals surface area (Å²) in [5, 5.41) is 12.0. The van der Waals surface area contributed by atoms with Gasteiger partial charge >= 0.3 is 0 Å². The molecule has 0 aliphatic carbocycles. The van der Waals surface area contributed by atoms with Gasteiger partial charge in [0.25, 0.3) is 0 Å². The van der Waals surface area contributed by atoms with E-state index in [9.17, 15) is 0 Å². The van der Waals surface area contributed by atoms with Gasteiger partial charge < -0.3 is 5.73 Å². The first-order valence-corrected chi connectivity index (χ1v) is 2.25. The molecule has 1 heterocycles. The molecule has 0 amide bonds. The van der Waals surface area contributed by atoms with Gasteiger partial charge in [-0.15, -0.1) is 0 Å². The molecule has 4 heteroatoms. The Morgan fingerprint density at radius 3 is 1.89 bits per heavy atom. The maximum atomic E-state index is 6.00. The van der Waals surface area contributed by atoms with Crippen LogP contribution in [0.25, 0.3) is 0 Å². The van der Waals surface area contributed by atoms with E-state index in [1.165, 1.54) is 0 Å². The average molecular weight is 122 g/mol. The molecule has 0 aromatic carbocycles. The standard InChI is InChI=1S/C5H6N2.N2/c6-5-1-3-7-4-2-5;1-2/h1-4H,(H2,6,7);. The molecule has 2 N–H and O–H groups in total. The lowest BCUT2D eigenvalue weighted by atomic mass is 10.4. The summed E-state index contributed by atoms with van der Waals surface area (Å²) in [5.41, 5.74) is 6.08. The molecule has 0 radical (unpaired) electrons. The van der Waals surface area contributed by atoms with Crippen molar-refractivity contribution in [3.8, 4) is 0 Å². The zero-order chi connectivity index (χ0) is 7.11. The number of hydrogen-bond acceptors (Lipinski definition) is 4. The molecule has 0 fully saturated rings. The molecule has 46 valence electrons. The second kappa shape index (κ2) is 4.53. The van der Waals surface area contributed by atoms with Gasteiger partial charge in [0, 0.05) is 28.9 Å². The summed E-state index contributed by atoms with van der Waals surface area (Å²) in [6.07, 6.45) is 3.32. The third-order valence-corrected chi connectivity index (χ3v) is 0.706. The van der Waals surface area contributed by atoms with E-state index in [-0.39, 0.29) is 0 Å². The first-order valence-electron chi connectivity index (χ1n) is 2.25. The topological polar surface area (TPSA) is 86.5 Å². The Morgan fingerprint density at radius 1 is 1.22 bits per heavy atom. The number of pyridine rings is 1. The predicted molar refractivity (Wildman–Crippen MR) is 32.1 cm³/mol. The lowest BCUT2D eigenvalue weighted by Crippen LogP contribution is -1.81. The van der Waals surface area contributed by atoms with Crippen LogP contribution in [0.1, 0.15) is 0 Å².